The first-order valence-electron chi connectivity index (χ1n) is 11.9. The van der Waals surface area contributed by atoms with Crippen LogP contribution in [-0.2, 0) is 0 Å². The Morgan fingerprint density at radius 3 is 2.68 bits per heavy atom. The minimum absolute atomic E-state index is 0.233. The van der Waals surface area contributed by atoms with Gasteiger partial charge in [-0.2, -0.15) is 14.6 Å². The Labute approximate surface area is 216 Å². The average molecular weight is 510 g/mol. The van der Waals surface area contributed by atoms with Crippen LogP contribution in [0.25, 0.3) is 39.6 Å². The molecule has 0 aliphatic carbocycles. The Hall–Kier alpha value is -4.50. The fourth-order valence-corrected chi connectivity index (χ4v) is 4.98. The van der Waals surface area contributed by atoms with Gasteiger partial charge in [-0.3, -0.25) is 4.79 Å². The molecular weight excluding hydrogens is 486 g/mol. The molecule has 0 unspecified atom stereocenters. The quantitative estimate of drug-likeness (QED) is 0.304. The fraction of sp³-hybridized carbons (Fsp3) is 0.143. The van der Waals surface area contributed by atoms with Crippen LogP contribution in [-0.4, -0.2) is 31.0 Å². The number of hydrogen-bond acceptors (Lipinski definition) is 7. The van der Waals surface area contributed by atoms with E-state index in [0.717, 1.165) is 40.2 Å². The lowest BCUT2D eigenvalue weighted by molar-refractivity contribution is 0.315. The third-order valence-corrected chi connectivity index (χ3v) is 6.84. The zero-order valence-corrected chi connectivity index (χ0v) is 21.1. The molecule has 4 aromatic heterocycles. The summed E-state index contributed by atoms with van der Waals surface area (Å²) >= 11 is 1.28. The molecule has 8 nitrogen and oxygen atoms in total. The number of aryl methyl sites for hydroxylation is 1. The van der Waals surface area contributed by atoms with Crippen molar-refractivity contribution in [3.05, 3.63) is 99.1 Å². The fourth-order valence-electron chi connectivity index (χ4n) is 4.09. The van der Waals surface area contributed by atoms with Crippen molar-refractivity contribution in [2.24, 2.45) is 0 Å². The molecule has 0 spiro atoms. The molecule has 0 amide bonds. The first kappa shape index (κ1) is 22.9. The summed E-state index contributed by atoms with van der Waals surface area (Å²) in [7, 11) is 0. The molecule has 184 valence electrons. The van der Waals surface area contributed by atoms with E-state index in [9.17, 15) is 4.79 Å². The Balaban J connectivity index is 1.47. The number of para-hydroxylation sites is 1. The Morgan fingerprint density at radius 1 is 1.08 bits per heavy atom. The number of thiazole rings is 1. The van der Waals surface area contributed by atoms with Gasteiger partial charge in [0.05, 0.1) is 23.1 Å². The van der Waals surface area contributed by atoms with E-state index < -0.39 is 0 Å². The molecule has 0 saturated heterocycles. The summed E-state index contributed by atoms with van der Waals surface area (Å²) in [6, 6.07) is 19.5. The number of furan rings is 1. The largest absolute Gasteiger partial charge is 0.493 e. The maximum Gasteiger partial charge on any atom is 0.291 e. The molecule has 4 heterocycles. The van der Waals surface area contributed by atoms with Crippen LogP contribution in [0.3, 0.4) is 0 Å². The van der Waals surface area contributed by atoms with E-state index in [1.807, 2.05) is 66.3 Å². The van der Waals surface area contributed by atoms with Gasteiger partial charge in [0.25, 0.3) is 5.56 Å². The molecule has 37 heavy (non-hydrogen) atoms. The van der Waals surface area contributed by atoms with Gasteiger partial charge in [-0.05, 0) is 67.4 Å². The number of ether oxygens (including phenoxy) is 1. The van der Waals surface area contributed by atoms with Crippen molar-refractivity contribution in [1.82, 2.24) is 24.4 Å². The van der Waals surface area contributed by atoms with E-state index in [4.69, 9.17) is 14.3 Å². The molecule has 0 aliphatic heterocycles. The highest BCUT2D eigenvalue weighted by molar-refractivity contribution is 7.15. The lowest BCUT2D eigenvalue weighted by Crippen LogP contribution is -2.23. The van der Waals surface area contributed by atoms with E-state index in [1.54, 1.807) is 18.4 Å². The second-order valence-corrected chi connectivity index (χ2v) is 9.57. The Bertz CT molecular complexity index is 1800. The maximum absolute atomic E-state index is 13.2. The third kappa shape index (κ3) is 4.34. The van der Waals surface area contributed by atoms with Gasteiger partial charge in [0.15, 0.2) is 5.76 Å². The van der Waals surface area contributed by atoms with Gasteiger partial charge in [0.2, 0.25) is 10.8 Å². The molecule has 0 radical (unpaired) electrons. The molecule has 0 N–H and O–H groups in total. The van der Waals surface area contributed by atoms with E-state index in [-0.39, 0.29) is 5.56 Å². The smallest absolute Gasteiger partial charge is 0.291 e. The normalized spacial score (nSPS) is 12.0. The summed E-state index contributed by atoms with van der Waals surface area (Å²) in [5, 5.41) is 9.25. The van der Waals surface area contributed by atoms with Gasteiger partial charge in [0, 0.05) is 17.3 Å². The van der Waals surface area contributed by atoms with Crippen molar-refractivity contribution in [3.63, 3.8) is 0 Å². The molecule has 6 aromatic rings. The van der Waals surface area contributed by atoms with Gasteiger partial charge in [-0.15, -0.1) is 5.10 Å². The minimum atomic E-state index is -0.233. The van der Waals surface area contributed by atoms with E-state index >= 15 is 0 Å². The Kier molecular flexibility index (Phi) is 5.90. The number of nitrogens with zero attached hydrogens (tertiary/aromatic N) is 5. The van der Waals surface area contributed by atoms with Gasteiger partial charge in [0.1, 0.15) is 11.4 Å². The van der Waals surface area contributed by atoms with Gasteiger partial charge in [-0.1, -0.05) is 36.5 Å². The lowest BCUT2D eigenvalue weighted by atomic mass is 10.0. The third-order valence-electron chi connectivity index (χ3n) is 5.88. The topological polar surface area (TPSA) is 87.4 Å². The molecule has 0 aliphatic rings. The first-order chi connectivity index (χ1) is 18.1. The van der Waals surface area contributed by atoms with Crippen LogP contribution in [0.1, 0.15) is 24.5 Å². The van der Waals surface area contributed by atoms with Crippen LogP contribution in [0.15, 0.2) is 82.3 Å². The van der Waals surface area contributed by atoms with Crippen molar-refractivity contribution in [3.8, 4) is 34.3 Å². The second kappa shape index (κ2) is 9.51. The van der Waals surface area contributed by atoms with E-state index in [1.165, 1.54) is 15.9 Å². The van der Waals surface area contributed by atoms with Gasteiger partial charge >= 0.3 is 0 Å². The van der Waals surface area contributed by atoms with Crippen molar-refractivity contribution in [1.29, 1.82) is 0 Å². The summed E-state index contributed by atoms with van der Waals surface area (Å²) in [6.45, 7) is 4.78. The van der Waals surface area contributed by atoms with Crippen LogP contribution < -0.4 is 14.8 Å². The predicted octanol–water partition coefficient (Wildman–Crippen LogP) is 4.91. The van der Waals surface area contributed by atoms with Crippen LogP contribution >= 0.6 is 11.3 Å². The minimum Gasteiger partial charge on any atom is -0.493 e. The molecule has 2 aromatic carbocycles. The number of aromatic nitrogens is 5. The summed E-state index contributed by atoms with van der Waals surface area (Å²) in [5.74, 6) is 1.77. The summed E-state index contributed by atoms with van der Waals surface area (Å²) in [4.78, 5) is 18.2. The number of rotatable bonds is 7. The summed E-state index contributed by atoms with van der Waals surface area (Å²) in [5.41, 5.74) is 4.25. The lowest BCUT2D eigenvalue weighted by Gasteiger charge is -2.09. The van der Waals surface area contributed by atoms with E-state index in [0.29, 0.717) is 27.7 Å². The number of hydrogen-bond donors (Lipinski definition) is 0. The highest BCUT2D eigenvalue weighted by atomic mass is 32.1. The molecule has 6 rings (SSSR count). The molecule has 9 heteroatoms. The highest BCUT2D eigenvalue weighted by Crippen LogP contribution is 2.29. The van der Waals surface area contributed by atoms with Crippen molar-refractivity contribution < 1.29 is 9.15 Å². The second-order valence-electron chi connectivity index (χ2n) is 8.56. The van der Waals surface area contributed by atoms with Crippen molar-refractivity contribution in [2.75, 3.05) is 6.61 Å². The molecular formula is C28H23N5O3S. The number of benzene rings is 2. The molecule has 0 atom stereocenters. The highest BCUT2D eigenvalue weighted by Gasteiger charge is 2.16. The van der Waals surface area contributed by atoms with Crippen LogP contribution in [0, 0.1) is 6.92 Å². The maximum atomic E-state index is 13.2. The van der Waals surface area contributed by atoms with Gasteiger partial charge in [-0.25, -0.2) is 4.68 Å². The monoisotopic (exact) mass is 509 g/mol. The molecule has 0 fully saturated rings. The molecule has 0 bridgehead atoms. The van der Waals surface area contributed by atoms with Crippen LogP contribution in [0.5, 0.6) is 5.75 Å². The van der Waals surface area contributed by atoms with E-state index in [2.05, 4.69) is 23.1 Å². The predicted molar refractivity (Wildman–Crippen MR) is 143 cm³/mol. The Morgan fingerprint density at radius 2 is 1.95 bits per heavy atom. The average Bonchev–Trinajstić information content (AvgIpc) is 3.70. The summed E-state index contributed by atoms with van der Waals surface area (Å²) < 4.78 is 14.9. The van der Waals surface area contributed by atoms with Crippen LogP contribution in [0.4, 0.5) is 0 Å². The van der Waals surface area contributed by atoms with Crippen molar-refractivity contribution in [2.45, 2.75) is 20.3 Å². The van der Waals surface area contributed by atoms with Gasteiger partial charge < -0.3 is 9.15 Å². The standard InChI is InChI=1S/C28H23N5O3S/c1-3-13-35-22-12-11-19(15-18(22)2)25-20(17-32(30-25)21-8-5-4-6-9-21)16-24-27(34)33-28(37-24)29-26(31-33)23-10-7-14-36-23/h4-12,14-17H,3,13H2,1-2H3. The molecule has 0 saturated carbocycles. The zero-order chi connectivity index (χ0) is 25.4. The van der Waals surface area contributed by atoms with Crippen LogP contribution in [0.2, 0.25) is 0 Å². The number of fused-ring (bicyclic) bond motifs is 1. The van der Waals surface area contributed by atoms with Crippen molar-refractivity contribution >= 4 is 22.4 Å². The zero-order valence-electron chi connectivity index (χ0n) is 20.3. The summed E-state index contributed by atoms with van der Waals surface area (Å²) in [6.07, 6.45) is 6.29. The SMILES string of the molecule is CCCOc1ccc(-c2nn(-c3ccccc3)cc2C=c2sc3nc(-c4ccco4)nn3c2=O)cc1C. The first-order valence-corrected chi connectivity index (χ1v) is 12.8.